The Bertz CT molecular complexity index is 1030. The number of fused-ring (bicyclic) bond motifs is 1. The molecule has 3 amide bonds. The summed E-state index contributed by atoms with van der Waals surface area (Å²) in [7, 11) is 1.57. The van der Waals surface area contributed by atoms with E-state index in [-0.39, 0.29) is 17.7 Å². The molecule has 4 rings (SSSR count). The predicted octanol–water partition coefficient (Wildman–Crippen LogP) is 3.76. The van der Waals surface area contributed by atoms with E-state index in [0.717, 1.165) is 30.5 Å². The number of nitrogens with one attached hydrogen (secondary N) is 1. The second-order valence-corrected chi connectivity index (χ2v) is 7.84. The molecular formula is C24H27N3O4. The lowest BCUT2D eigenvalue weighted by Crippen LogP contribution is -2.35. The summed E-state index contributed by atoms with van der Waals surface area (Å²) in [4.78, 5) is 40.9. The zero-order valence-electron chi connectivity index (χ0n) is 17.9. The van der Waals surface area contributed by atoms with E-state index in [1.807, 2.05) is 19.1 Å². The second-order valence-electron chi connectivity index (χ2n) is 7.84. The van der Waals surface area contributed by atoms with Crippen molar-refractivity contribution in [3.05, 3.63) is 47.5 Å². The van der Waals surface area contributed by atoms with Gasteiger partial charge in [0.15, 0.2) is 0 Å². The Balaban J connectivity index is 1.55. The first-order chi connectivity index (χ1) is 15.0. The Labute approximate surface area is 182 Å². The van der Waals surface area contributed by atoms with Gasteiger partial charge in [0.2, 0.25) is 11.8 Å². The number of piperidine rings is 1. The van der Waals surface area contributed by atoms with Crippen LogP contribution in [0, 0.1) is 0 Å². The van der Waals surface area contributed by atoms with Crippen molar-refractivity contribution in [3.63, 3.8) is 0 Å². The SMILES string of the molecule is CCC(=O)N1CCc2cc(C(=O)Nc3ccc(OC)c(N4CCCCC4=O)c3)ccc21. The van der Waals surface area contributed by atoms with Crippen LogP contribution in [-0.4, -0.2) is 37.9 Å². The van der Waals surface area contributed by atoms with E-state index in [0.29, 0.717) is 48.6 Å². The first-order valence-corrected chi connectivity index (χ1v) is 10.7. The number of anilines is 3. The molecule has 0 radical (unpaired) electrons. The lowest BCUT2D eigenvalue weighted by molar-refractivity contribution is -0.119. The van der Waals surface area contributed by atoms with Gasteiger partial charge in [-0.2, -0.15) is 0 Å². The third kappa shape index (κ3) is 4.13. The van der Waals surface area contributed by atoms with E-state index >= 15 is 0 Å². The summed E-state index contributed by atoms with van der Waals surface area (Å²) in [6.45, 7) is 3.14. The van der Waals surface area contributed by atoms with Gasteiger partial charge in [0.05, 0.1) is 12.8 Å². The van der Waals surface area contributed by atoms with Gasteiger partial charge < -0.3 is 19.9 Å². The molecule has 2 aromatic rings. The van der Waals surface area contributed by atoms with Crippen LogP contribution in [0.1, 0.15) is 48.5 Å². The first-order valence-electron chi connectivity index (χ1n) is 10.7. The van der Waals surface area contributed by atoms with Crippen molar-refractivity contribution in [3.8, 4) is 5.75 Å². The summed E-state index contributed by atoms with van der Waals surface area (Å²) in [5.41, 5.74) is 3.70. The zero-order valence-corrected chi connectivity index (χ0v) is 17.9. The number of ether oxygens (including phenoxy) is 1. The molecule has 7 heteroatoms. The third-order valence-electron chi connectivity index (χ3n) is 5.89. The van der Waals surface area contributed by atoms with Crippen molar-refractivity contribution in [2.75, 3.05) is 35.3 Å². The number of methoxy groups -OCH3 is 1. The van der Waals surface area contributed by atoms with Crippen LogP contribution in [0.25, 0.3) is 0 Å². The average molecular weight is 421 g/mol. The monoisotopic (exact) mass is 421 g/mol. The number of carbonyl (C=O) groups excluding carboxylic acids is 3. The molecule has 1 N–H and O–H groups in total. The number of hydrogen-bond donors (Lipinski definition) is 1. The molecule has 2 aliphatic rings. The number of nitrogens with zero attached hydrogens (tertiary/aromatic N) is 2. The van der Waals surface area contributed by atoms with Gasteiger partial charge in [-0.05, 0) is 61.2 Å². The zero-order chi connectivity index (χ0) is 22.0. The van der Waals surface area contributed by atoms with E-state index in [4.69, 9.17) is 4.74 Å². The Morgan fingerprint density at radius 2 is 1.87 bits per heavy atom. The van der Waals surface area contributed by atoms with Crippen molar-refractivity contribution in [1.82, 2.24) is 0 Å². The highest BCUT2D eigenvalue weighted by atomic mass is 16.5. The lowest BCUT2D eigenvalue weighted by atomic mass is 10.1. The van der Waals surface area contributed by atoms with Gasteiger partial charge in [-0.3, -0.25) is 14.4 Å². The minimum atomic E-state index is -0.232. The molecule has 1 fully saturated rings. The fourth-order valence-corrected chi connectivity index (χ4v) is 4.24. The van der Waals surface area contributed by atoms with Crippen LogP contribution in [-0.2, 0) is 16.0 Å². The second kappa shape index (κ2) is 8.79. The summed E-state index contributed by atoms with van der Waals surface area (Å²) in [6.07, 6.45) is 3.56. The predicted molar refractivity (Wildman–Crippen MR) is 120 cm³/mol. The van der Waals surface area contributed by atoms with Gasteiger partial charge in [0.1, 0.15) is 5.75 Å². The maximum absolute atomic E-state index is 12.9. The highest BCUT2D eigenvalue weighted by Gasteiger charge is 2.25. The number of rotatable bonds is 5. The molecule has 2 aliphatic heterocycles. The molecule has 0 spiro atoms. The van der Waals surface area contributed by atoms with E-state index in [2.05, 4.69) is 5.32 Å². The molecule has 0 atom stereocenters. The van der Waals surface area contributed by atoms with Gasteiger partial charge in [-0.15, -0.1) is 0 Å². The fourth-order valence-electron chi connectivity index (χ4n) is 4.24. The minimum absolute atomic E-state index is 0.0674. The topological polar surface area (TPSA) is 79.0 Å². The third-order valence-corrected chi connectivity index (χ3v) is 5.89. The van der Waals surface area contributed by atoms with E-state index in [9.17, 15) is 14.4 Å². The highest BCUT2D eigenvalue weighted by molar-refractivity contribution is 6.06. The maximum atomic E-state index is 12.9. The number of benzene rings is 2. The molecule has 0 saturated carbocycles. The van der Waals surface area contributed by atoms with Gasteiger partial charge in [0.25, 0.3) is 5.91 Å². The van der Waals surface area contributed by atoms with Gasteiger partial charge in [0, 0.05) is 42.9 Å². The molecule has 0 unspecified atom stereocenters. The Morgan fingerprint density at radius 3 is 2.61 bits per heavy atom. The molecule has 162 valence electrons. The molecular weight excluding hydrogens is 394 g/mol. The molecule has 7 nitrogen and oxygen atoms in total. The standard InChI is InChI=1S/C24H27N3O4/c1-3-22(28)27-13-11-16-14-17(7-9-19(16)27)24(30)25-18-8-10-21(31-2)20(15-18)26-12-5-4-6-23(26)29/h7-10,14-15H,3-6,11-13H2,1-2H3,(H,25,30). The fraction of sp³-hybridized carbons (Fsp3) is 0.375. The Hall–Kier alpha value is -3.35. The number of hydrogen-bond acceptors (Lipinski definition) is 4. The van der Waals surface area contributed by atoms with Gasteiger partial charge in [-0.1, -0.05) is 6.92 Å². The van der Waals surface area contributed by atoms with Crippen LogP contribution in [0.5, 0.6) is 5.75 Å². The minimum Gasteiger partial charge on any atom is -0.495 e. The van der Waals surface area contributed by atoms with Crippen LogP contribution in [0.2, 0.25) is 0 Å². The molecule has 0 aliphatic carbocycles. The van der Waals surface area contributed by atoms with E-state index in [1.165, 1.54) is 0 Å². The van der Waals surface area contributed by atoms with Crippen LogP contribution in [0.15, 0.2) is 36.4 Å². The van der Waals surface area contributed by atoms with Gasteiger partial charge in [-0.25, -0.2) is 0 Å². The smallest absolute Gasteiger partial charge is 0.255 e. The molecule has 2 aromatic carbocycles. The average Bonchev–Trinajstić information content (AvgIpc) is 3.22. The van der Waals surface area contributed by atoms with E-state index < -0.39 is 0 Å². The lowest BCUT2D eigenvalue weighted by Gasteiger charge is -2.28. The molecule has 2 heterocycles. The van der Waals surface area contributed by atoms with Crippen molar-refractivity contribution < 1.29 is 19.1 Å². The largest absolute Gasteiger partial charge is 0.495 e. The Morgan fingerprint density at radius 1 is 1.03 bits per heavy atom. The molecule has 1 saturated heterocycles. The number of amides is 3. The van der Waals surface area contributed by atoms with Crippen molar-refractivity contribution in [2.24, 2.45) is 0 Å². The number of carbonyl (C=O) groups is 3. The quantitative estimate of drug-likeness (QED) is 0.797. The van der Waals surface area contributed by atoms with Crippen LogP contribution in [0.4, 0.5) is 17.1 Å². The summed E-state index contributed by atoms with van der Waals surface area (Å²) in [6, 6.07) is 10.8. The normalized spacial score (nSPS) is 15.6. The highest BCUT2D eigenvalue weighted by Crippen LogP contribution is 2.34. The first kappa shape index (κ1) is 20.9. The van der Waals surface area contributed by atoms with Crippen LogP contribution < -0.4 is 19.9 Å². The Kier molecular flexibility index (Phi) is 5.93. The molecule has 31 heavy (non-hydrogen) atoms. The van der Waals surface area contributed by atoms with Gasteiger partial charge >= 0.3 is 0 Å². The van der Waals surface area contributed by atoms with Crippen molar-refractivity contribution in [2.45, 2.75) is 39.0 Å². The van der Waals surface area contributed by atoms with Crippen LogP contribution in [0.3, 0.4) is 0 Å². The summed E-state index contributed by atoms with van der Waals surface area (Å²) in [5, 5.41) is 2.93. The van der Waals surface area contributed by atoms with Crippen molar-refractivity contribution >= 4 is 34.8 Å². The summed E-state index contributed by atoms with van der Waals surface area (Å²) in [5.74, 6) is 0.530. The maximum Gasteiger partial charge on any atom is 0.255 e. The summed E-state index contributed by atoms with van der Waals surface area (Å²) >= 11 is 0. The van der Waals surface area contributed by atoms with Crippen molar-refractivity contribution in [1.29, 1.82) is 0 Å². The molecule has 0 bridgehead atoms. The summed E-state index contributed by atoms with van der Waals surface area (Å²) < 4.78 is 5.44. The molecule has 0 aromatic heterocycles. The van der Waals surface area contributed by atoms with Crippen LogP contribution >= 0.6 is 0 Å². The van der Waals surface area contributed by atoms with E-state index in [1.54, 1.807) is 41.2 Å².